The Labute approximate surface area is 174 Å². The van der Waals surface area contributed by atoms with Crippen molar-refractivity contribution in [1.29, 1.82) is 0 Å². The zero-order valence-corrected chi connectivity index (χ0v) is 18.0. The van der Waals surface area contributed by atoms with Gasteiger partial charge in [0, 0.05) is 13.0 Å². The van der Waals surface area contributed by atoms with Gasteiger partial charge in [0.2, 0.25) is 11.8 Å². The second kappa shape index (κ2) is 11.0. The fourth-order valence-corrected chi connectivity index (χ4v) is 3.62. The number of likely N-dealkylation sites (tertiary alicyclic amines) is 1. The van der Waals surface area contributed by atoms with Gasteiger partial charge in [-0.1, -0.05) is 58.0 Å². The summed E-state index contributed by atoms with van der Waals surface area (Å²) in [5.74, 6) is -0.223. The third-order valence-corrected chi connectivity index (χ3v) is 4.97. The van der Waals surface area contributed by atoms with Gasteiger partial charge in [-0.2, -0.15) is 0 Å². The van der Waals surface area contributed by atoms with Crippen LogP contribution in [-0.2, 0) is 25.7 Å². The number of carbonyl (C=O) groups is 3. The maximum Gasteiger partial charge on any atom is 0.329 e. The van der Waals surface area contributed by atoms with Crippen molar-refractivity contribution in [3.05, 3.63) is 35.9 Å². The molecule has 0 aromatic heterocycles. The molecule has 6 nitrogen and oxygen atoms in total. The summed E-state index contributed by atoms with van der Waals surface area (Å²) in [6, 6.07) is 8.30. The largest absolute Gasteiger partial charge is 0.459 e. The molecule has 2 atom stereocenters. The van der Waals surface area contributed by atoms with Gasteiger partial charge in [-0.15, -0.1) is 0 Å². The topological polar surface area (TPSA) is 75.7 Å². The molecule has 29 heavy (non-hydrogen) atoms. The van der Waals surface area contributed by atoms with Crippen LogP contribution in [0.3, 0.4) is 0 Å². The lowest BCUT2D eigenvalue weighted by Crippen LogP contribution is -2.52. The molecule has 1 saturated heterocycles. The van der Waals surface area contributed by atoms with Crippen LogP contribution in [0.25, 0.3) is 0 Å². The predicted molar refractivity (Wildman–Crippen MR) is 112 cm³/mol. The number of amides is 2. The average molecular weight is 403 g/mol. The van der Waals surface area contributed by atoms with Crippen LogP contribution in [0.15, 0.2) is 30.3 Å². The van der Waals surface area contributed by atoms with E-state index in [0.717, 1.165) is 12.0 Å². The van der Waals surface area contributed by atoms with Crippen LogP contribution in [0, 0.1) is 11.8 Å². The number of hydrogen-bond acceptors (Lipinski definition) is 4. The van der Waals surface area contributed by atoms with Gasteiger partial charge in [0.05, 0.1) is 0 Å². The van der Waals surface area contributed by atoms with Gasteiger partial charge in [-0.3, -0.25) is 9.59 Å². The highest BCUT2D eigenvalue weighted by Gasteiger charge is 2.38. The Morgan fingerprint density at radius 1 is 1.10 bits per heavy atom. The molecule has 0 aliphatic carbocycles. The van der Waals surface area contributed by atoms with Crippen molar-refractivity contribution in [3.63, 3.8) is 0 Å². The molecule has 1 N–H and O–H groups in total. The highest BCUT2D eigenvalue weighted by Crippen LogP contribution is 2.22. The number of nitrogens with zero attached hydrogens (tertiary/aromatic N) is 1. The zero-order chi connectivity index (χ0) is 21.4. The number of rotatable bonds is 9. The summed E-state index contributed by atoms with van der Waals surface area (Å²) in [5, 5.41) is 2.89. The van der Waals surface area contributed by atoms with Crippen LogP contribution in [-0.4, -0.2) is 41.3 Å². The van der Waals surface area contributed by atoms with Crippen LogP contribution < -0.4 is 5.32 Å². The summed E-state index contributed by atoms with van der Waals surface area (Å²) in [4.78, 5) is 39.7. The van der Waals surface area contributed by atoms with Gasteiger partial charge in [0.15, 0.2) is 0 Å². The number of benzene rings is 1. The summed E-state index contributed by atoms with van der Waals surface area (Å²) < 4.78 is 5.47. The molecule has 1 heterocycles. The minimum Gasteiger partial charge on any atom is -0.459 e. The lowest BCUT2D eigenvalue weighted by molar-refractivity contribution is -0.155. The fourth-order valence-electron chi connectivity index (χ4n) is 3.62. The van der Waals surface area contributed by atoms with Gasteiger partial charge in [-0.25, -0.2) is 4.79 Å². The molecule has 6 heteroatoms. The summed E-state index contributed by atoms with van der Waals surface area (Å²) in [6.45, 7) is 8.68. The van der Waals surface area contributed by atoms with Gasteiger partial charge >= 0.3 is 5.97 Å². The Hall–Kier alpha value is -2.37. The highest BCUT2D eigenvalue weighted by molar-refractivity contribution is 5.91. The van der Waals surface area contributed by atoms with Crippen molar-refractivity contribution in [2.24, 2.45) is 11.8 Å². The number of carbonyl (C=O) groups excluding carboxylic acids is 3. The second-order valence-electron chi connectivity index (χ2n) is 8.63. The van der Waals surface area contributed by atoms with Crippen LogP contribution in [0.5, 0.6) is 0 Å². The molecule has 0 spiro atoms. The molecule has 160 valence electrons. The number of ether oxygens (including phenoxy) is 1. The van der Waals surface area contributed by atoms with E-state index in [1.54, 1.807) is 4.90 Å². The van der Waals surface area contributed by atoms with E-state index in [1.165, 1.54) is 0 Å². The molecule has 0 unspecified atom stereocenters. The van der Waals surface area contributed by atoms with E-state index in [0.29, 0.717) is 25.8 Å². The molecule has 0 bridgehead atoms. The Kier molecular flexibility index (Phi) is 8.68. The standard InChI is InChI=1S/C23H34N2O4/c1-16(2)13-19(24-21(26)14-17(3)4)22(27)25-12-8-11-20(25)23(28)29-15-18-9-6-5-7-10-18/h5-7,9-10,16-17,19-20H,8,11-15H2,1-4H3,(H,24,26)/t19-,20-/m0/s1. The van der Waals surface area contributed by atoms with Crippen LogP contribution in [0.4, 0.5) is 0 Å². The first-order valence-electron chi connectivity index (χ1n) is 10.6. The lowest BCUT2D eigenvalue weighted by Gasteiger charge is -2.29. The molecular weight excluding hydrogens is 368 g/mol. The molecule has 1 aromatic rings. The molecule has 1 aliphatic heterocycles. The zero-order valence-electron chi connectivity index (χ0n) is 18.0. The van der Waals surface area contributed by atoms with E-state index in [4.69, 9.17) is 4.74 Å². The average Bonchev–Trinajstić information content (AvgIpc) is 3.14. The van der Waals surface area contributed by atoms with Crippen molar-refractivity contribution in [1.82, 2.24) is 10.2 Å². The third-order valence-electron chi connectivity index (χ3n) is 4.97. The molecule has 2 rings (SSSR count). The van der Waals surface area contributed by atoms with Crippen LogP contribution >= 0.6 is 0 Å². The van der Waals surface area contributed by atoms with Crippen molar-refractivity contribution in [2.45, 2.75) is 72.1 Å². The maximum atomic E-state index is 13.2. The van der Waals surface area contributed by atoms with Gasteiger partial charge in [0.25, 0.3) is 0 Å². The maximum absolute atomic E-state index is 13.2. The monoisotopic (exact) mass is 402 g/mol. The smallest absolute Gasteiger partial charge is 0.329 e. The highest BCUT2D eigenvalue weighted by atomic mass is 16.5. The Morgan fingerprint density at radius 3 is 2.41 bits per heavy atom. The second-order valence-corrected chi connectivity index (χ2v) is 8.63. The van der Waals surface area contributed by atoms with E-state index in [2.05, 4.69) is 5.32 Å². The van der Waals surface area contributed by atoms with Crippen LogP contribution in [0.2, 0.25) is 0 Å². The van der Waals surface area contributed by atoms with Gasteiger partial charge < -0.3 is 15.0 Å². The number of esters is 1. The quantitative estimate of drug-likeness (QED) is 0.643. The molecule has 1 aromatic carbocycles. The normalized spacial score (nSPS) is 17.4. The third kappa shape index (κ3) is 7.18. The Morgan fingerprint density at radius 2 is 1.79 bits per heavy atom. The Bertz CT molecular complexity index is 687. The van der Waals surface area contributed by atoms with Crippen molar-refractivity contribution < 1.29 is 19.1 Å². The summed E-state index contributed by atoms with van der Waals surface area (Å²) in [5.41, 5.74) is 0.912. The fraction of sp³-hybridized carbons (Fsp3) is 0.609. The van der Waals surface area contributed by atoms with E-state index >= 15 is 0 Å². The molecule has 2 amide bonds. The lowest BCUT2D eigenvalue weighted by atomic mass is 10.0. The van der Waals surface area contributed by atoms with E-state index in [-0.39, 0.29) is 36.2 Å². The molecule has 0 saturated carbocycles. The van der Waals surface area contributed by atoms with Crippen molar-refractivity contribution in [3.8, 4) is 0 Å². The first-order valence-corrected chi connectivity index (χ1v) is 10.6. The molecule has 1 fully saturated rings. The van der Waals surface area contributed by atoms with E-state index < -0.39 is 12.1 Å². The summed E-state index contributed by atoms with van der Waals surface area (Å²) in [6.07, 6.45) is 2.27. The van der Waals surface area contributed by atoms with Gasteiger partial charge in [-0.05, 0) is 36.7 Å². The van der Waals surface area contributed by atoms with E-state index in [1.807, 2.05) is 58.0 Å². The number of hydrogen-bond donors (Lipinski definition) is 1. The molecule has 1 aliphatic rings. The van der Waals surface area contributed by atoms with Crippen molar-refractivity contribution >= 4 is 17.8 Å². The molecular formula is C23H34N2O4. The number of nitrogens with one attached hydrogen (secondary N) is 1. The minimum absolute atomic E-state index is 0.124. The first kappa shape index (κ1) is 22.9. The van der Waals surface area contributed by atoms with Gasteiger partial charge in [0.1, 0.15) is 18.7 Å². The minimum atomic E-state index is -0.608. The predicted octanol–water partition coefficient (Wildman–Crippen LogP) is 3.30. The van der Waals surface area contributed by atoms with Crippen LogP contribution in [0.1, 0.15) is 58.9 Å². The Balaban J connectivity index is 2.02. The molecule has 0 radical (unpaired) electrons. The van der Waals surface area contributed by atoms with Crippen molar-refractivity contribution in [2.75, 3.05) is 6.54 Å². The van der Waals surface area contributed by atoms with E-state index in [9.17, 15) is 14.4 Å². The SMILES string of the molecule is CC(C)CC(=O)N[C@@H](CC(C)C)C(=O)N1CCC[C@H]1C(=O)OCc1ccccc1. The summed E-state index contributed by atoms with van der Waals surface area (Å²) >= 11 is 0. The summed E-state index contributed by atoms with van der Waals surface area (Å²) in [7, 11) is 0. The first-order chi connectivity index (χ1) is 13.8.